The van der Waals surface area contributed by atoms with Crippen LogP contribution in [0.4, 0.5) is 0 Å². The molecule has 0 aromatic heterocycles. The molecule has 22 heavy (non-hydrogen) atoms. The molecule has 2 atom stereocenters. The largest absolute Gasteiger partial charge is 0.478 e. The first-order valence-corrected chi connectivity index (χ1v) is 8.70. The predicted molar refractivity (Wildman–Crippen MR) is 86.9 cm³/mol. The molecular weight excluding hydrogens is 280 g/mol. The summed E-state index contributed by atoms with van der Waals surface area (Å²) < 4.78 is 5.60. The molecule has 1 fully saturated rings. The molecule has 1 heterocycles. The molecule has 0 saturated carbocycles. The first-order chi connectivity index (χ1) is 10.6. The van der Waals surface area contributed by atoms with E-state index in [1.165, 1.54) is 25.3 Å². The highest BCUT2D eigenvalue weighted by Gasteiger charge is 2.37. The van der Waals surface area contributed by atoms with Crippen LogP contribution in [-0.4, -0.2) is 29.1 Å². The number of carboxylic acid groups (broad SMARTS) is 1. The number of ether oxygens (including phenoxy) is 1. The van der Waals surface area contributed by atoms with Crippen LogP contribution in [0.25, 0.3) is 0 Å². The Hall–Kier alpha value is -1.16. The maximum Gasteiger partial charge on any atom is 0.327 e. The summed E-state index contributed by atoms with van der Waals surface area (Å²) in [6.07, 6.45) is 14.3. The number of ketones is 1. The highest BCUT2D eigenvalue weighted by molar-refractivity contribution is 5.79. The summed E-state index contributed by atoms with van der Waals surface area (Å²) in [6, 6.07) is 0. The van der Waals surface area contributed by atoms with Gasteiger partial charge in [-0.25, -0.2) is 4.79 Å². The molecule has 0 bridgehead atoms. The Labute approximate surface area is 133 Å². The van der Waals surface area contributed by atoms with Crippen molar-refractivity contribution in [2.24, 2.45) is 0 Å². The van der Waals surface area contributed by atoms with Crippen LogP contribution in [0.15, 0.2) is 12.2 Å². The van der Waals surface area contributed by atoms with Gasteiger partial charge in [-0.2, -0.15) is 0 Å². The van der Waals surface area contributed by atoms with Gasteiger partial charge >= 0.3 is 5.97 Å². The van der Waals surface area contributed by atoms with Crippen molar-refractivity contribution in [3.63, 3.8) is 0 Å². The number of rotatable bonds is 14. The van der Waals surface area contributed by atoms with Gasteiger partial charge in [0, 0.05) is 18.9 Å². The summed E-state index contributed by atoms with van der Waals surface area (Å²) in [4.78, 5) is 22.0. The number of unbranched alkanes of at least 4 members (excludes halogenated alkanes) is 5. The van der Waals surface area contributed by atoms with Gasteiger partial charge in [0.25, 0.3) is 0 Å². The van der Waals surface area contributed by atoms with Crippen LogP contribution in [0.5, 0.6) is 0 Å². The summed E-state index contributed by atoms with van der Waals surface area (Å²) in [5.41, 5.74) is 0. The minimum absolute atomic E-state index is 0.335. The molecule has 2 unspecified atom stereocenters. The number of carbonyl (C=O) groups excluding carboxylic acids is 1. The van der Waals surface area contributed by atoms with E-state index >= 15 is 0 Å². The van der Waals surface area contributed by atoms with Gasteiger partial charge in [0.15, 0.2) is 0 Å². The van der Waals surface area contributed by atoms with Crippen LogP contribution in [0.2, 0.25) is 0 Å². The molecule has 0 aliphatic carbocycles. The molecule has 126 valence electrons. The fraction of sp³-hybridized carbons (Fsp3) is 0.778. The van der Waals surface area contributed by atoms with Gasteiger partial charge in [0.2, 0.25) is 0 Å². The summed E-state index contributed by atoms with van der Waals surface area (Å²) in [5.74, 6) is -0.561. The molecular formula is C18H30O4. The van der Waals surface area contributed by atoms with E-state index in [0.29, 0.717) is 30.8 Å². The van der Waals surface area contributed by atoms with E-state index in [-0.39, 0.29) is 0 Å². The van der Waals surface area contributed by atoms with Gasteiger partial charge in [0.05, 0.1) is 12.2 Å². The van der Waals surface area contributed by atoms with Crippen molar-refractivity contribution in [2.75, 3.05) is 0 Å². The lowest BCUT2D eigenvalue weighted by Gasteiger charge is -2.00. The number of carboxylic acids is 1. The molecule has 0 radical (unpaired) electrons. The minimum Gasteiger partial charge on any atom is -0.478 e. The second-order valence-corrected chi connectivity index (χ2v) is 6.13. The molecule has 1 aliphatic heterocycles. The van der Waals surface area contributed by atoms with Crippen LogP contribution in [0.1, 0.15) is 77.6 Å². The van der Waals surface area contributed by atoms with E-state index in [0.717, 1.165) is 38.5 Å². The first kappa shape index (κ1) is 18.9. The number of Topliss-reactive ketones (excluding diaryl/α,β-unsaturated/α-hetero) is 1. The Bertz CT molecular complexity index is 362. The molecule has 4 heteroatoms. The van der Waals surface area contributed by atoms with Gasteiger partial charge in [0.1, 0.15) is 5.78 Å². The molecule has 0 amide bonds. The van der Waals surface area contributed by atoms with E-state index in [1.807, 2.05) is 0 Å². The Morgan fingerprint density at radius 3 is 2.50 bits per heavy atom. The number of epoxide rings is 1. The van der Waals surface area contributed by atoms with Crippen molar-refractivity contribution < 1.29 is 19.4 Å². The monoisotopic (exact) mass is 310 g/mol. The van der Waals surface area contributed by atoms with Crippen molar-refractivity contribution in [1.82, 2.24) is 0 Å². The van der Waals surface area contributed by atoms with E-state index in [9.17, 15) is 9.59 Å². The molecule has 1 N–H and O–H groups in total. The molecule has 0 aromatic carbocycles. The number of hydrogen-bond donors (Lipinski definition) is 1. The lowest BCUT2D eigenvalue weighted by Crippen LogP contribution is -2.02. The molecule has 0 aromatic rings. The van der Waals surface area contributed by atoms with Crippen LogP contribution in [0.3, 0.4) is 0 Å². The molecule has 0 spiro atoms. The zero-order chi connectivity index (χ0) is 16.2. The van der Waals surface area contributed by atoms with Crippen LogP contribution < -0.4 is 0 Å². The van der Waals surface area contributed by atoms with Gasteiger partial charge < -0.3 is 9.84 Å². The van der Waals surface area contributed by atoms with Gasteiger partial charge in [-0.1, -0.05) is 38.7 Å². The molecule has 1 aliphatic rings. The molecule has 4 nitrogen and oxygen atoms in total. The zero-order valence-electron chi connectivity index (χ0n) is 13.8. The number of allylic oxidation sites excluding steroid dienone is 1. The fourth-order valence-electron chi connectivity index (χ4n) is 2.66. The third-order valence-corrected chi connectivity index (χ3v) is 4.07. The summed E-state index contributed by atoms with van der Waals surface area (Å²) in [6.45, 7) is 2.20. The highest BCUT2D eigenvalue weighted by Crippen LogP contribution is 2.31. The van der Waals surface area contributed by atoms with Gasteiger partial charge in [-0.15, -0.1) is 0 Å². The van der Waals surface area contributed by atoms with Crippen molar-refractivity contribution in [1.29, 1.82) is 0 Å². The lowest BCUT2D eigenvalue weighted by molar-refractivity contribution is -0.131. The van der Waals surface area contributed by atoms with Crippen LogP contribution in [0, 0.1) is 0 Å². The molecule has 1 saturated heterocycles. The Balaban J connectivity index is 1.89. The Morgan fingerprint density at radius 1 is 1.00 bits per heavy atom. The van der Waals surface area contributed by atoms with Gasteiger partial charge in [-0.3, -0.25) is 4.79 Å². The van der Waals surface area contributed by atoms with E-state index < -0.39 is 5.97 Å². The summed E-state index contributed by atoms with van der Waals surface area (Å²) in [7, 11) is 0. The fourth-order valence-corrected chi connectivity index (χ4v) is 2.66. The normalized spacial score (nSPS) is 20.4. The minimum atomic E-state index is -0.898. The third kappa shape index (κ3) is 9.72. The maximum atomic E-state index is 11.8. The number of aliphatic carboxylic acids is 1. The van der Waals surface area contributed by atoms with Crippen molar-refractivity contribution >= 4 is 11.8 Å². The maximum absolute atomic E-state index is 11.8. The summed E-state index contributed by atoms with van der Waals surface area (Å²) in [5, 5.41) is 8.44. The zero-order valence-corrected chi connectivity index (χ0v) is 13.8. The smallest absolute Gasteiger partial charge is 0.327 e. The average Bonchev–Trinajstić information content (AvgIpc) is 3.22. The number of carbonyl (C=O) groups is 2. The Morgan fingerprint density at radius 2 is 1.77 bits per heavy atom. The highest BCUT2D eigenvalue weighted by atomic mass is 16.6. The second kappa shape index (κ2) is 11.4. The SMILES string of the molecule is CCCCCC1OC1CCC(=O)CCCCC/C=C/C(=O)O. The van der Waals surface area contributed by atoms with E-state index in [1.54, 1.807) is 6.08 Å². The van der Waals surface area contributed by atoms with E-state index in [2.05, 4.69) is 6.92 Å². The second-order valence-electron chi connectivity index (χ2n) is 6.13. The lowest BCUT2D eigenvalue weighted by atomic mass is 10.0. The average molecular weight is 310 g/mol. The van der Waals surface area contributed by atoms with Gasteiger partial charge in [-0.05, 0) is 32.1 Å². The third-order valence-electron chi connectivity index (χ3n) is 4.07. The summed E-state index contributed by atoms with van der Waals surface area (Å²) >= 11 is 0. The Kier molecular flexibility index (Phi) is 9.80. The van der Waals surface area contributed by atoms with Crippen molar-refractivity contribution in [3.05, 3.63) is 12.2 Å². The standard InChI is InChI=1S/C18H30O4/c1-2-3-7-11-16-17(22-16)14-13-15(19)10-8-5-4-6-9-12-18(20)21/h9,12,16-17H,2-8,10-11,13-14H2,1H3,(H,20,21)/b12-9+. The van der Waals surface area contributed by atoms with Crippen molar-refractivity contribution in [3.8, 4) is 0 Å². The first-order valence-electron chi connectivity index (χ1n) is 8.70. The van der Waals surface area contributed by atoms with E-state index in [4.69, 9.17) is 9.84 Å². The van der Waals surface area contributed by atoms with Crippen LogP contribution in [-0.2, 0) is 14.3 Å². The van der Waals surface area contributed by atoms with Crippen LogP contribution >= 0.6 is 0 Å². The number of hydrogen-bond acceptors (Lipinski definition) is 3. The molecule has 1 rings (SSSR count). The topological polar surface area (TPSA) is 66.9 Å². The van der Waals surface area contributed by atoms with Crippen molar-refractivity contribution in [2.45, 2.75) is 89.8 Å². The predicted octanol–water partition coefficient (Wildman–Crippen LogP) is 4.27. The quantitative estimate of drug-likeness (QED) is 0.295.